The lowest BCUT2D eigenvalue weighted by Crippen LogP contribution is -2.25. The number of aromatic nitrogens is 3. The van der Waals surface area contributed by atoms with Crippen molar-refractivity contribution in [2.24, 2.45) is 0 Å². The predicted octanol–water partition coefficient (Wildman–Crippen LogP) is 3.16. The first kappa shape index (κ1) is 14.7. The number of nitrogens with one attached hydrogen (secondary N) is 1. The summed E-state index contributed by atoms with van der Waals surface area (Å²) in [6.45, 7) is 0.572. The van der Waals surface area contributed by atoms with Crippen LogP contribution in [0.3, 0.4) is 0 Å². The Morgan fingerprint density at radius 1 is 1.12 bits per heavy atom. The lowest BCUT2D eigenvalue weighted by Gasteiger charge is -2.06. The molecule has 5 nitrogen and oxygen atoms in total. The molecule has 0 spiro atoms. The highest BCUT2D eigenvalue weighted by Gasteiger charge is 2.07. The highest BCUT2D eigenvalue weighted by Crippen LogP contribution is 2.12. The highest BCUT2D eigenvalue weighted by atomic mass is 32.1. The van der Waals surface area contributed by atoms with Crippen molar-refractivity contribution < 1.29 is 4.79 Å². The molecular formula is C18H16N4OS. The third-order valence-corrected chi connectivity index (χ3v) is 4.61. The van der Waals surface area contributed by atoms with Gasteiger partial charge in [-0.15, -0.1) is 11.3 Å². The molecule has 1 amide bonds. The molecule has 0 aliphatic carbocycles. The van der Waals surface area contributed by atoms with Gasteiger partial charge in [0.2, 0.25) is 0 Å². The molecule has 6 heteroatoms. The van der Waals surface area contributed by atoms with E-state index in [4.69, 9.17) is 0 Å². The standard InChI is InChI=1S/C18H16N4OS/c23-17(14-3-5-16(6-4-14)21-9-1-2-10-21)19-8-7-15-13-22-11-12-24-18(22)20-15/h1-6,9-13H,7-8H2,(H,19,23). The minimum atomic E-state index is -0.0601. The van der Waals surface area contributed by atoms with E-state index in [1.54, 1.807) is 11.3 Å². The molecule has 120 valence electrons. The van der Waals surface area contributed by atoms with E-state index in [9.17, 15) is 4.79 Å². The minimum Gasteiger partial charge on any atom is -0.352 e. The van der Waals surface area contributed by atoms with Gasteiger partial charge in [-0.2, -0.15) is 0 Å². The summed E-state index contributed by atoms with van der Waals surface area (Å²) in [6, 6.07) is 11.5. The Morgan fingerprint density at radius 2 is 1.92 bits per heavy atom. The summed E-state index contributed by atoms with van der Waals surface area (Å²) in [5, 5.41) is 4.95. The van der Waals surface area contributed by atoms with E-state index < -0.39 is 0 Å². The largest absolute Gasteiger partial charge is 0.352 e. The Morgan fingerprint density at radius 3 is 2.67 bits per heavy atom. The van der Waals surface area contributed by atoms with Crippen molar-refractivity contribution in [1.29, 1.82) is 0 Å². The molecule has 3 heterocycles. The van der Waals surface area contributed by atoms with Gasteiger partial charge in [0, 0.05) is 54.4 Å². The summed E-state index contributed by atoms with van der Waals surface area (Å²) in [5.74, 6) is -0.0601. The first-order valence-corrected chi connectivity index (χ1v) is 8.60. The van der Waals surface area contributed by atoms with Gasteiger partial charge >= 0.3 is 0 Å². The van der Waals surface area contributed by atoms with Crippen LogP contribution in [0, 0.1) is 0 Å². The average molecular weight is 336 g/mol. The van der Waals surface area contributed by atoms with Crippen LogP contribution >= 0.6 is 11.3 Å². The van der Waals surface area contributed by atoms with Gasteiger partial charge in [-0.05, 0) is 36.4 Å². The van der Waals surface area contributed by atoms with Crippen molar-refractivity contribution in [1.82, 2.24) is 19.3 Å². The van der Waals surface area contributed by atoms with Crippen molar-refractivity contribution in [2.45, 2.75) is 6.42 Å². The smallest absolute Gasteiger partial charge is 0.251 e. The third-order valence-electron chi connectivity index (χ3n) is 3.84. The molecule has 0 atom stereocenters. The number of nitrogens with zero attached hydrogens (tertiary/aromatic N) is 3. The van der Waals surface area contributed by atoms with Crippen molar-refractivity contribution in [3.63, 3.8) is 0 Å². The number of fused-ring (bicyclic) bond motifs is 1. The van der Waals surface area contributed by atoms with Gasteiger partial charge in [-0.1, -0.05) is 0 Å². The maximum Gasteiger partial charge on any atom is 0.251 e. The first-order valence-electron chi connectivity index (χ1n) is 7.72. The summed E-state index contributed by atoms with van der Waals surface area (Å²) in [6.07, 6.45) is 8.67. The molecule has 0 bridgehead atoms. The molecule has 0 aliphatic heterocycles. The SMILES string of the molecule is O=C(NCCc1cn2ccsc2n1)c1ccc(-n2cccc2)cc1. The predicted molar refractivity (Wildman–Crippen MR) is 94.9 cm³/mol. The van der Waals surface area contributed by atoms with Gasteiger partial charge in [0.05, 0.1) is 5.69 Å². The van der Waals surface area contributed by atoms with Crippen LogP contribution in [0.5, 0.6) is 0 Å². The molecule has 1 N–H and O–H groups in total. The molecule has 0 saturated heterocycles. The molecule has 0 radical (unpaired) electrons. The zero-order valence-electron chi connectivity index (χ0n) is 12.9. The van der Waals surface area contributed by atoms with Gasteiger partial charge in [-0.25, -0.2) is 4.98 Å². The van der Waals surface area contributed by atoms with Gasteiger partial charge < -0.3 is 9.88 Å². The van der Waals surface area contributed by atoms with Crippen LogP contribution in [0.4, 0.5) is 0 Å². The third kappa shape index (κ3) is 2.96. The number of hydrogen-bond acceptors (Lipinski definition) is 3. The van der Waals surface area contributed by atoms with E-state index in [1.807, 2.05) is 75.5 Å². The van der Waals surface area contributed by atoms with Crippen molar-refractivity contribution in [3.05, 3.63) is 77.8 Å². The van der Waals surface area contributed by atoms with E-state index in [2.05, 4.69) is 10.3 Å². The van der Waals surface area contributed by atoms with Crippen LogP contribution in [0.1, 0.15) is 16.1 Å². The van der Waals surface area contributed by atoms with Crippen LogP contribution in [-0.4, -0.2) is 26.4 Å². The second-order valence-corrected chi connectivity index (χ2v) is 6.34. The van der Waals surface area contributed by atoms with Gasteiger partial charge in [-0.3, -0.25) is 9.20 Å². The molecule has 4 rings (SSSR count). The number of hydrogen-bond donors (Lipinski definition) is 1. The summed E-state index contributed by atoms with van der Waals surface area (Å²) < 4.78 is 4.01. The second kappa shape index (κ2) is 6.33. The summed E-state index contributed by atoms with van der Waals surface area (Å²) in [4.78, 5) is 17.7. The molecule has 0 fully saturated rings. The Balaban J connectivity index is 1.34. The van der Waals surface area contributed by atoms with Gasteiger partial charge in [0.1, 0.15) is 0 Å². The first-order chi connectivity index (χ1) is 11.8. The monoisotopic (exact) mass is 336 g/mol. The Bertz CT molecular complexity index is 922. The summed E-state index contributed by atoms with van der Waals surface area (Å²) >= 11 is 1.61. The number of rotatable bonds is 5. The number of carbonyl (C=O) groups is 1. The average Bonchev–Trinajstić information content (AvgIpc) is 3.32. The van der Waals surface area contributed by atoms with Crippen molar-refractivity contribution in [2.75, 3.05) is 6.54 Å². The van der Waals surface area contributed by atoms with E-state index in [0.29, 0.717) is 12.1 Å². The lowest BCUT2D eigenvalue weighted by atomic mass is 10.2. The lowest BCUT2D eigenvalue weighted by molar-refractivity contribution is 0.0954. The Kier molecular flexibility index (Phi) is 3.88. The highest BCUT2D eigenvalue weighted by molar-refractivity contribution is 7.15. The molecule has 4 aromatic rings. The zero-order chi connectivity index (χ0) is 16.4. The van der Waals surface area contributed by atoms with Crippen LogP contribution < -0.4 is 5.32 Å². The van der Waals surface area contributed by atoms with E-state index in [0.717, 1.165) is 22.8 Å². The number of amides is 1. The van der Waals surface area contributed by atoms with Gasteiger partial charge in [0.15, 0.2) is 4.96 Å². The maximum absolute atomic E-state index is 12.2. The number of benzene rings is 1. The fourth-order valence-corrected chi connectivity index (χ4v) is 3.31. The van der Waals surface area contributed by atoms with E-state index in [1.165, 1.54) is 0 Å². The molecule has 0 unspecified atom stereocenters. The maximum atomic E-state index is 12.2. The van der Waals surface area contributed by atoms with E-state index >= 15 is 0 Å². The molecule has 3 aromatic heterocycles. The quantitative estimate of drug-likeness (QED) is 0.609. The fraction of sp³-hybridized carbons (Fsp3) is 0.111. The number of imidazole rings is 1. The number of carbonyl (C=O) groups excluding carboxylic acids is 1. The fourth-order valence-electron chi connectivity index (χ4n) is 2.59. The molecule has 1 aromatic carbocycles. The van der Waals surface area contributed by atoms with Crippen molar-refractivity contribution >= 4 is 22.2 Å². The molecular weight excluding hydrogens is 320 g/mol. The topological polar surface area (TPSA) is 51.3 Å². The second-order valence-electron chi connectivity index (χ2n) is 5.47. The normalized spacial score (nSPS) is 11.0. The van der Waals surface area contributed by atoms with Crippen molar-refractivity contribution in [3.8, 4) is 5.69 Å². The Hall–Kier alpha value is -2.86. The molecule has 0 aliphatic rings. The van der Waals surface area contributed by atoms with Crippen LogP contribution in [0.2, 0.25) is 0 Å². The van der Waals surface area contributed by atoms with Crippen LogP contribution in [0.15, 0.2) is 66.6 Å². The zero-order valence-corrected chi connectivity index (χ0v) is 13.7. The summed E-state index contributed by atoms with van der Waals surface area (Å²) in [7, 11) is 0. The molecule has 0 saturated carbocycles. The molecule has 24 heavy (non-hydrogen) atoms. The Labute approximate surface area is 143 Å². The summed E-state index contributed by atoms with van der Waals surface area (Å²) in [5.41, 5.74) is 2.69. The minimum absolute atomic E-state index is 0.0601. The van der Waals surface area contributed by atoms with Crippen LogP contribution in [-0.2, 0) is 6.42 Å². The van der Waals surface area contributed by atoms with E-state index in [-0.39, 0.29) is 5.91 Å². The van der Waals surface area contributed by atoms with Crippen LogP contribution in [0.25, 0.3) is 10.6 Å². The van der Waals surface area contributed by atoms with Gasteiger partial charge in [0.25, 0.3) is 5.91 Å². The number of thiazole rings is 1.